The first-order valence-electron chi connectivity index (χ1n) is 5.25. The molecule has 0 saturated heterocycles. The van der Waals surface area contributed by atoms with Crippen molar-refractivity contribution in [3.05, 3.63) is 24.5 Å². The van der Waals surface area contributed by atoms with Crippen LogP contribution in [0.15, 0.2) is 24.5 Å². The minimum absolute atomic E-state index is 0.000000000000000222. The van der Waals surface area contributed by atoms with Gasteiger partial charge in [0.05, 0.1) is 0 Å². The predicted octanol–water partition coefficient (Wildman–Crippen LogP) is 3.03. The van der Waals surface area contributed by atoms with Gasteiger partial charge in [-0.15, -0.1) is 0 Å². The Morgan fingerprint density at radius 2 is 1.36 bits per heavy atom. The Kier molecular flexibility index (Phi) is 5.55. The minimum Gasteiger partial charge on any atom is -0.368 e. The Balaban J connectivity index is 0.000000280. The second kappa shape index (κ2) is 5.86. The second-order valence-electron chi connectivity index (χ2n) is 4.56. The van der Waals surface area contributed by atoms with Gasteiger partial charge < -0.3 is 10.7 Å². The molecule has 0 aliphatic rings. The van der Waals surface area contributed by atoms with Crippen molar-refractivity contribution in [3.63, 3.8) is 0 Å². The molecule has 1 heterocycles. The first-order chi connectivity index (χ1) is 6.39. The summed E-state index contributed by atoms with van der Waals surface area (Å²) in [5, 5.41) is 0. The molecule has 0 radical (unpaired) electrons. The van der Waals surface area contributed by atoms with Gasteiger partial charge in [-0.3, -0.25) is 0 Å². The maximum Gasteiger partial charge on any atom is 0.0172 e. The molecule has 1 rings (SSSR count). The Morgan fingerprint density at radius 3 is 1.43 bits per heavy atom. The van der Waals surface area contributed by atoms with Gasteiger partial charge in [0.15, 0.2) is 0 Å². The standard InChI is InChI=1S/C8H19N.C4H5N/c1-6(2)8(5,9)7(3)4;1-2-4-5-3-1/h6-7H,9H2,1-5H3;1-5H. The average Bonchev–Trinajstić information content (AvgIpc) is 2.60. The highest BCUT2D eigenvalue weighted by atomic mass is 14.7. The summed E-state index contributed by atoms with van der Waals surface area (Å²) in [6.45, 7) is 10.8. The van der Waals surface area contributed by atoms with E-state index in [1.165, 1.54) is 0 Å². The van der Waals surface area contributed by atoms with E-state index in [1.807, 2.05) is 24.5 Å². The van der Waals surface area contributed by atoms with Crippen LogP contribution in [-0.2, 0) is 0 Å². The fourth-order valence-electron chi connectivity index (χ4n) is 0.944. The molecule has 1 aromatic heterocycles. The summed E-state index contributed by atoms with van der Waals surface area (Å²) in [6.07, 6.45) is 3.75. The Labute approximate surface area is 87.9 Å². The molecule has 0 atom stereocenters. The number of H-pyrrole nitrogens is 1. The van der Waals surface area contributed by atoms with E-state index in [0.29, 0.717) is 11.8 Å². The number of nitrogens with two attached hydrogens (primary N) is 1. The molecule has 14 heavy (non-hydrogen) atoms. The van der Waals surface area contributed by atoms with Crippen LogP contribution in [0.1, 0.15) is 34.6 Å². The first-order valence-corrected chi connectivity index (χ1v) is 5.25. The molecule has 0 aliphatic carbocycles. The van der Waals surface area contributed by atoms with E-state index in [1.54, 1.807) is 0 Å². The molecule has 0 spiro atoms. The van der Waals surface area contributed by atoms with Crippen LogP contribution in [0.3, 0.4) is 0 Å². The molecule has 0 bridgehead atoms. The molecule has 0 aliphatic heterocycles. The minimum atomic E-state index is 0.000000000000000222. The van der Waals surface area contributed by atoms with Gasteiger partial charge in [-0.1, -0.05) is 27.7 Å². The number of hydrogen-bond donors (Lipinski definition) is 2. The molecule has 2 heteroatoms. The Morgan fingerprint density at radius 1 is 1.00 bits per heavy atom. The highest BCUT2D eigenvalue weighted by molar-refractivity contribution is 4.85. The molecule has 0 amide bonds. The van der Waals surface area contributed by atoms with Gasteiger partial charge in [-0.2, -0.15) is 0 Å². The molecule has 2 nitrogen and oxygen atoms in total. The van der Waals surface area contributed by atoms with Gasteiger partial charge in [-0.25, -0.2) is 0 Å². The quantitative estimate of drug-likeness (QED) is 0.750. The fourth-order valence-corrected chi connectivity index (χ4v) is 0.944. The zero-order chi connectivity index (χ0) is 11.2. The molecule has 3 N–H and O–H groups in total. The van der Waals surface area contributed by atoms with Gasteiger partial charge in [0.1, 0.15) is 0 Å². The summed E-state index contributed by atoms with van der Waals surface area (Å²) in [4.78, 5) is 2.86. The molecule has 0 aromatic carbocycles. The van der Waals surface area contributed by atoms with E-state index >= 15 is 0 Å². The second-order valence-corrected chi connectivity index (χ2v) is 4.56. The number of aromatic amines is 1. The van der Waals surface area contributed by atoms with E-state index in [9.17, 15) is 0 Å². The first kappa shape index (κ1) is 13.2. The van der Waals surface area contributed by atoms with Gasteiger partial charge in [-0.05, 0) is 30.9 Å². The number of rotatable bonds is 2. The van der Waals surface area contributed by atoms with E-state index in [4.69, 9.17) is 5.73 Å². The van der Waals surface area contributed by atoms with Crippen LogP contribution in [0.25, 0.3) is 0 Å². The summed E-state index contributed by atoms with van der Waals surface area (Å²) < 4.78 is 0. The van der Waals surface area contributed by atoms with Crippen LogP contribution in [0.2, 0.25) is 0 Å². The number of nitrogens with one attached hydrogen (secondary N) is 1. The lowest BCUT2D eigenvalue weighted by atomic mass is 9.80. The lowest BCUT2D eigenvalue weighted by molar-refractivity contribution is 0.250. The molecule has 0 saturated carbocycles. The highest BCUT2D eigenvalue weighted by Crippen LogP contribution is 2.21. The topological polar surface area (TPSA) is 41.8 Å². The summed E-state index contributed by atoms with van der Waals surface area (Å²) >= 11 is 0. The fraction of sp³-hybridized carbons (Fsp3) is 0.667. The summed E-state index contributed by atoms with van der Waals surface area (Å²) in [7, 11) is 0. The summed E-state index contributed by atoms with van der Waals surface area (Å²) in [6, 6.07) is 3.89. The molecular formula is C12H24N2. The smallest absolute Gasteiger partial charge is 0.0172 e. The van der Waals surface area contributed by atoms with Gasteiger partial charge in [0, 0.05) is 17.9 Å². The van der Waals surface area contributed by atoms with Crippen molar-refractivity contribution in [2.75, 3.05) is 0 Å². The van der Waals surface area contributed by atoms with Crippen molar-refractivity contribution in [2.24, 2.45) is 17.6 Å². The maximum atomic E-state index is 6.00. The van der Waals surface area contributed by atoms with Crippen molar-refractivity contribution in [2.45, 2.75) is 40.2 Å². The van der Waals surface area contributed by atoms with E-state index in [-0.39, 0.29) is 5.54 Å². The average molecular weight is 196 g/mol. The van der Waals surface area contributed by atoms with Gasteiger partial charge in [0.2, 0.25) is 0 Å². The highest BCUT2D eigenvalue weighted by Gasteiger charge is 2.26. The van der Waals surface area contributed by atoms with Crippen molar-refractivity contribution in [3.8, 4) is 0 Å². The summed E-state index contributed by atoms with van der Waals surface area (Å²) in [5.74, 6) is 1.13. The van der Waals surface area contributed by atoms with Crippen LogP contribution in [0.5, 0.6) is 0 Å². The van der Waals surface area contributed by atoms with Gasteiger partial charge >= 0.3 is 0 Å². The van der Waals surface area contributed by atoms with Crippen molar-refractivity contribution < 1.29 is 0 Å². The van der Waals surface area contributed by atoms with Crippen molar-refractivity contribution in [1.29, 1.82) is 0 Å². The van der Waals surface area contributed by atoms with E-state index in [2.05, 4.69) is 39.6 Å². The van der Waals surface area contributed by atoms with Crippen LogP contribution in [-0.4, -0.2) is 10.5 Å². The van der Waals surface area contributed by atoms with E-state index < -0.39 is 0 Å². The van der Waals surface area contributed by atoms with Crippen LogP contribution in [0, 0.1) is 11.8 Å². The van der Waals surface area contributed by atoms with Crippen molar-refractivity contribution >= 4 is 0 Å². The lowest BCUT2D eigenvalue weighted by Gasteiger charge is -2.33. The Hall–Kier alpha value is -0.760. The molecule has 82 valence electrons. The number of hydrogen-bond acceptors (Lipinski definition) is 1. The molecular weight excluding hydrogens is 172 g/mol. The monoisotopic (exact) mass is 196 g/mol. The molecule has 1 aromatic rings. The van der Waals surface area contributed by atoms with Crippen molar-refractivity contribution in [1.82, 2.24) is 4.98 Å². The molecule has 0 unspecified atom stereocenters. The number of aromatic nitrogens is 1. The zero-order valence-corrected chi connectivity index (χ0v) is 10.0. The van der Waals surface area contributed by atoms with Crippen LogP contribution in [0.4, 0.5) is 0 Å². The van der Waals surface area contributed by atoms with Crippen LogP contribution < -0.4 is 5.73 Å². The third-order valence-corrected chi connectivity index (χ3v) is 2.98. The molecule has 0 fully saturated rings. The SMILES string of the molecule is CC(C)C(C)(N)C(C)C.c1cc[nH]c1. The zero-order valence-electron chi connectivity index (χ0n) is 10.0. The summed E-state index contributed by atoms with van der Waals surface area (Å²) in [5.41, 5.74) is 6.00. The predicted molar refractivity (Wildman–Crippen MR) is 63.1 cm³/mol. The third kappa shape index (κ3) is 4.47. The van der Waals surface area contributed by atoms with E-state index in [0.717, 1.165) is 0 Å². The lowest BCUT2D eigenvalue weighted by Crippen LogP contribution is -2.46. The largest absolute Gasteiger partial charge is 0.368 e. The normalized spacial score (nSPS) is 11.4. The third-order valence-electron chi connectivity index (χ3n) is 2.98. The van der Waals surface area contributed by atoms with Crippen LogP contribution >= 0.6 is 0 Å². The Bertz CT molecular complexity index is 183. The maximum absolute atomic E-state index is 6.00. The van der Waals surface area contributed by atoms with Gasteiger partial charge in [0.25, 0.3) is 0 Å².